The van der Waals surface area contributed by atoms with Crippen molar-refractivity contribution >= 4 is 0 Å². The Morgan fingerprint density at radius 1 is 0.333 bits per heavy atom. The maximum Gasteiger partial charge on any atom is -0.0152 e. The van der Waals surface area contributed by atoms with Gasteiger partial charge in [0.25, 0.3) is 0 Å². The van der Waals surface area contributed by atoms with Gasteiger partial charge in [-0.2, -0.15) is 0 Å². The Labute approximate surface area is 181 Å². The zero-order valence-electron chi connectivity index (χ0n) is 18.9. The first kappa shape index (κ1) is 20.2. The maximum absolute atomic E-state index is 2.36. The third-order valence-corrected chi connectivity index (χ3v) is 6.05. The van der Waals surface area contributed by atoms with Gasteiger partial charge in [0.2, 0.25) is 0 Å². The van der Waals surface area contributed by atoms with Gasteiger partial charge in [-0.15, -0.1) is 0 Å². The molecule has 0 radical (unpaired) electrons. The van der Waals surface area contributed by atoms with Crippen LogP contribution in [0.2, 0.25) is 0 Å². The van der Waals surface area contributed by atoms with Crippen LogP contribution in [0.1, 0.15) is 33.4 Å². The van der Waals surface area contributed by atoms with Crippen LogP contribution in [0.25, 0.3) is 33.4 Å². The molecule has 0 aliphatic carbocycles. The summed E-state index contributed by atoms with van der Waals surface area (Å²) in [6.07, 6.45) is 0. The third kappa shape index (κ3) is 3.96. The van der Waals surface area contributed by atoms with Crippen LogP contribution in [0.5, 0.6) is 0 Å². The highest BCUT2D eigenvalue weighted by Crippen LogP contribution is 2.37. The van der Waals surface area contributed by atoms with Crippen molar-refractivity contribution in [3.63, 3.8) is 0 Å². The zero-order chi connectivity index (χ0) is 21.4. The molecule has 4 aromatic rings. The fourth-order valence-electron chi connectivity index (χ4n) is 4.23. The van der Waals surface area contributed by atoms with Crippen molar-refractivity contribution in [1.29, 1.82) is 0 Å². The summed E-state index contributed by atoms with van der Waals surface area (Å²) in [7, 11) is 0. The average molecular weight is 391 g/mol. The first-order valence-electron chi connectivity index (χ1n) is 10.7. The summed E-state index contributed by atoms with van der Waals surface area (Å²) in [6.45, 7) is 13.1. The van der Waals surface area contributed by atoms with E-state index in [0.717, 1.165) is 0 Å². The van der Waals surface area contributed by atoms with E-state index in [1.807, 2.05) is 0 Å². The van der Waals surface area contributed by atoms with E-state index >= 15 is 0 Å². The van der Waals surface area contributed by atoms with Crippen LogP contribution < -0.4 is 0 Å². The van der Waals surface area contributed by atoms with E-state index in [4.69, 9.17) is 0 Å². The summed E-state index contributed by atoms with van der Waals surface area (Å²) in [4.78, 5) is 0. The van der Waals surface area contributed by atoms with Crippen LogP contribution in [-0.2, 0) is 0 Å². The fraction of sp³-hybridized carbons (Fsp3) is 0.200. The third-order valence-electron chi connectivity index (χ3n) is 6.05. The van der Waals surface area contributed by atoms with Crippen LogP contribution in [0.15, 0.2) is 72.8 Å². The lowest BCUT2D eigenvalue weighted by atomic mass is 9.88. The summed E-state index contributed by atoms with van der Waals surface area (Å²) in [5.74, 6) is 0. The Morgan fingerprint density at radius 2 is 0.600 bits per heavy atom. The van der Waals surface area contributed by atoms with Crippen LogP contribution in [0, 0.1) is 41.5 Å². The highest BCUT2D eigenvalue weighted by atomic mass is 14.2. The molecule has 0 aliphatic heterocycles. The topological polar surface area (TPSA) is 0 Å². The first-order chi connectivity index (χ1) is 14.3. The summed E-state index contributed by atoms with van der Waals surface area (Å²) in [5.41, 5.74) is 15.6. The Bertz CT molecular complexity index is 1070. The molecule has 0 bridgehead atoms. The van der Waals surface area contributed by atoms with Gasteiger partial charge in [0.05, 0.1) is 0 Å². The van der Waals surface area contributed by atoms with Crippen molar-refractivity contribution in [3.05, 3.63) is 106 Å². The number of aryl methyl sites for hydroxylation is 6. The Hall–Kier alpha value is -3.12. The van der Waals surface area contributed by atoms with Gasteiger partial charge in [0.1, 0.15) is 0 Å². The molecule has 0 heteroatoms. The molecule has 0 amide bonds. The predicted octanol–water partition coefficient (Wildman–Crippen LogP) is 8.54. The van der Waals surface area contributed by atoms with Crippen molar-refractivity contribution in [3.8, 4) is 33.4 Å². The second kappa shape index (κ2) is 7.95. The molecule has 30 heavy (non-hydrogen) atoms. The minimum Gasteiger partial charge on any atom is -0.0590 e. The molecule has 0 fully saturated rings. The molecule has 0 saturated carbocycles. The summed E-state index contributed by atoms with van der Waals surface area (Å²) < 4.78 is 0. The molecule has 0 atom stereocenters. The first-order valence-corrected chi connectivity index (χ1v) is 10.7. The van der Waals surface area contributed by atoms with Crippen LogP contribution in [0.3, 0.4) is 0 Å². The van der Waals surface area contributed by atoms with Crippen molar-refractivity contribution in [2.75, 3.05) is 0 Å². The van der Waals surface area contributed by atoms with Gasteiger partial charge in [-0.3, -0.25) is 0 Å². The number of hydrogen-bond donors (Lipinski definition) is 0. The highest BCUT2D eigenvalue weighted by molar-refractivity contribution is 5.84. The summed E-state index contributed by atoms with van der Waals surface area (Å²) in [6, 6.07) is 27.3. The van der Waals surface area contributed by atoms with Crippen molar-refractivity contribution in [2.24, 2.45) is 0 Å². The number of hydrogen-bond acceptors (Lipinski definition) is 0. The average Bonchev–Trinajstić information content (AvgIpc) is 2.73. The SMILES string of the molecule is Cc1ccc(C)c(-c2cc(-c3cc(C)ccc3C)cc(-c3cc(C)ccc3C)c2)c1. The van der Waals surface area contributed by atoms with Crippen molar-refractivity contribution in [2.45, 2.75) is 41.5 Å². The zero-order valence-corrected chi connectivity index (χ0v) is 18.9. The fourth-order valence-corrected chi connectivity index (χ4v) is 4.23. The molecule has 150 valence electrons. The van der Waals surface area contributed by atoms with Gasteiger partial charge in [-0.1, -0.05) is 71.3 Å². The van der Waals surface area contributed by atoms with Crippen molar-refractivity contribution < 1.29 is 0 Å². The second-order valence-corrected chi connectivity index (χ2v) is 8.75. The van der Waals surface area contributed by atoms with Gasteiger partial charge < -0.3 is 0 Å². The molecule has 0 aromatic heterocycles. The summed E-state index contributed by atoms with van der Waals surface area (Å²) >= 11 is 0. The lowest BCUT2D eigenvalue weighted by Gasteiger charge is -2.16. The smallest absolute Gasteiger partial charge is 0.0152 e. The molecule has 0 aliphatic rings. The van der Waals surface area contributed by atoms with Gasteiger partial charge >= 0.3 is 0 Å². The van der Waals surface area contributed by atoms with Crippen LogP contribution >= 0.6 is 0 Å². The molecule has 0 spiro atoms. The number of rotatable bonds is 3. The molecule has 0 nitrogen and oxygen atoms in total. The normalized spacial score (nSPS) is 11.0. The minimum atomic E-state index is 1.28. The Balaban J connectivity index is 2.03. The predicted molar refractivity (Wildman–Crippen MR) is 131 cm³/mol. The largest absolute Gasteiger partial charge is 0.0590 e. The quantitative estimate of drug-likeness (QED) is 0.329. The monoisotopic (exact) mass is 390 g/mol. The van der Waals surface area contributed by atoms with E-state index in [9.17, 15) is 0 Å². The van der Waals surface area contributed by atoms with Gasteiger partial charge in [0.15, 0.2) is 0 Å². The van der Waals surface area contributed by atoms with E-state index in [-0.39, 0.29) is 0 Å². The van der Waals surface area contributed by atoms with Crippen LogP contribution in [0.4, 0.5) is 0 Å². The molecule has 0 saturated heterocycles. The standard InChI is InChI=1S/C30H30/c1-19-7-10-22(4)28(13-19)25-16-26(29-14-20(2)8-11-23(29)5)18-27(17-25)30-15-21(3)9-12-24(30)6/h7-18H,1-6H3. The lowest BCUT2D eigenvalue weighted by Crippen LogP contribution is -1.92. The van der Waals surface area contributed by atoms with E-state index in [0.29, 0.717) is 0 Å². The van der Waals surface area contributed by atoms with Crippen LogP contribution in [-0.4, -0.2) is 0 Å². The van der Waals surface area contributed by atoms with E-state index < -0.39 is 0 Å². The molecule has 0 heterocycles. The molecule has 4 rings (SSSR count). The summed E-state index contributed by atoms with van der Waals surface area (Å²) in [5, 5.41) is 0. The Morgan fingerprint density at radius 3 is 0.867 bits per heavy atom. The molecule has 4 aromatic carbocycles. The van der Waals surface area contributed by atoms with Crippen molar-refractivity contribution in [1.82, 2.24) is 0 Å². The molecular weight excluding hydrogens is 360 g/mol. The van der Waals surface area contributed by atoms with Gasteiger partial charge in [-0.05, 0) is 110 Å². The highest BCUT2D eigenvalue weighted by Gasteiger charge is 2.12. The second-order valence-electron chi connectivity index (χ2n) is 8.75. The maximum atomic E-state index is 2.36. The number of benzene rings is 4. The Kier molecular flexibility index (Phi) is 5.35. The molecular formula is C30H30. The van der Waals surface area contributed by atoms with E-state index in [1.165, 1.54) is 66.8 Å². The molecule has 0 unspecified atom stereocenters. The van der Waals surface area contributed by atoms with Gasteiger partial charge in [-0.25, -0.2) is 0 Å². The van der Waals surface area contributed by atoms with E-state index in [2.05, 4.69) is 114 Å². The van der Waals surface area contributed by atoms with Gasteiger partial charge in [0, 0.05) is 0 Å². The lowest BCUT2D eigenvalue weighted by molar-refractivity contribution is 1.37. The minimum absolute atomic E-state index is 1.28. The van der Waals surface area contributed by atoms with E-state index in [1.54, 1.807) is 0 Å². The molecule has 0 N–H and O–H groups in total.